The molecule has 0 aliphatic heterocycles. The Kier molecular flexibility index (Phi) is 42.2. The van der Waals surface area contributed by atoms with Gasteiger partial charge in [-0.3, -0.25) is 9.59 Å². The molecule has 0 heterocycles. The Morgan fingerprint density at radius 1 is 0.509 bits per heavy atom. The molecule has 0 aromatic rings. The van der Waals surface area contributed by atoms with Crippen molar-refractivity contribution in [2.24, 2.45) is 0 Å². The molecule has 0 aliphatic carbocycles. The molecule has 3 unspecified atom stereocenters. The Morgan fingerprint density at radius 3 is 1.35 bits per heavy atom. The van der Waals surface area contributed by atoms with Crippen molar-refractivity contribution in [3.63, 3.8) is 0 Å². The second-order valence-electron chi connectivity index (χ2n) is 16.5. The predicted molar refractivity (Wildman–Crippen MR) is 236 cm³/mol. The average Bonchev–Trinajstić information content (AvgIpc) is 3.18. The Morgan fingerprint density at radius 2 is 0.873 bits per heavy atom. The smallest absolute Gasteiger partial charge is 0.306 e. The molecule has 0 aromatic heterocycles. The van der Waals surface area contributed by atoms with Gasteiger partial charge in [-0.25, -0.2) is 0 Å². The second-order valence-corrected chi connectivity index (χ2v) is 16.5. The average molecular weight is 776 g/mol. The number of unbranched alkanes of at least 4 members (excludes halogenated alkanes) is 27. The highest BCUT2D eigenvalue weighted by molar-refractivity contribution is 5.77. The molecule has 0 saturated carbocycles. The Bertz CT molecular complexity index is 873. The normalized spacial score (nSPS) is 13.5. The van der Waals surface area contributed by atoms with Gasteiger partial charge < -0.3 is 20.3 Å². The van der Waals surface area contributed by atoms with Crippen LogP contribution in [0, 0.1) is 0 Å². The summed E-state index contributed by atoms with van der Waals surface area (Å²) in [6.45, 7) is 6.43. The first-order valence-corrected chi connectivity index (χ1v) is 24.1. The van der Waals surface area contributed by atoms with Gasteiger partial charge in [-0.2, -0.15) is 0 Å². The number of carbonyl (C=O) groups is 2. The summed E-state index contributed by atoms with van der Waals surface area (Å²) in [5, 5.41) is 23.7. The molecule has 0 rings (SSSR count). The van der Waals surface area contributed by atoms with Gasteiger partial charge in [0.25, 0.3) is 0 Å². The lowest BCUT2D eigenvalue weighted by Gasteiger charge is -2.24. The largest absolute Gasteiger partial charge is 0.462 e. The lowest BCUT2D eigenvalue weighted by atomic mass is 10.0. The molecule has 0 bridgehead atoms. The maximum absolute atomic E-state index is 13.1. The van der Waals surface area contributed by atoms with Crippen LogP contribution in [-0.4, -0.2) is 46.9 Å². The van der Waals surface area contributed by atoms with E-state index in [0.29, 0.717) is 19.3 Å². The lowest BCUT2D eigenvalue weighted by Crippen LogP contribution is -2.46. The van der Waals surface area contributed by atoms with Gasteiger partial charge in [0.05, 0.1) is 25.2 Å². The number of hydrogen-bond donors (Lipinski definition) is 3. The molecule has 0 aliphatic rings. The zero-order chi connectivity index (χ0) is 40.3. The fourth-order valence-electron chi connectivity index (χ4n) is 7.30. The first-order valence-electron chi connectivity index (χ1n) is 24.1. The van der Waals surface area contributed by atoms with Crippen molar-refractivity contribution in [3.05, 3.63) is 24.3 Å². The van der Waals surface area contributed by atoms with Gasteiger partial charge in [-0.05, 0) is 77.0 Å². The van der Waals surface area contributed by atoms with Gasteiger partial charge in [0, 0.05) is 6.42 Å². The number of esters is 1. The monoisotopic (exact) mass is 776 g/mol. The predicted octanol–water partition coefficient (Wildman–Crippen LogP) is 14.0. The van der Waals surface area contributed by atoms with Crippen molar-refractivity contribution in [2.75, 3.05) is 6.61 Å². The molecule has 1 amide bonds. The van der Waals surface area contributed by atoms with Crippen LogP contribution in [0.2, 0.25) is 0 Å². The Labute approximate surface area is 341 Å². The quantitative estimate of drug-likeness (QED) is 0.0326. The zero-order valence-corrected chi connectivity index (χ0v) is 36.8. The van der Waals surface area contributed by atoms with Crippen molar-refractivity contribution in [1.82, 2.24) is 5.32 Å². The van der Waals surface area contributed by atoms with Gasteiger partial charge in [0.2, 0.25) is 5.91 Å². The second kappa shape index (κ2) is 43.5. The highest BCUT2D eigenvalue weighted by atomic mass is 16.5. The first-order chi connectivity index (χ1) is 27.0. The van der Waals surface area contributed by atoms with Crippen LogP contribution in [0.15, 0.2) is 24.3 Å². The van der Waals surface area contributed by atoms with Gasteiger partial charge in [-0.15, -0.1) is 0 Å². The summed E-state index contributed by atoms with van der Waals surface area (Å²) in [7, 11) is 0. The maximum atomic E-state index is 13.1. The van der Waals surface area contributed by atoms with Gasteiger partial charge >= 0.3 is 5.97 Å². The molecular formula is C49H93NO5. The molecule has 55 heavy (non-hydrogen) atoms. The van der Waals surface area contributed by atoms with Crippen LogP contribution < -0.4 is 5.32 Å². The van der Waals surface area contributed by atoms with E-state index in [1.54, 1.807) is 0 Å². The third-order valence-corrected chi connectivity index (χ3v) is 11.0. The van der Waals surface area contributed by atoms with E-state index >= 15 is 0 Å². The van der Waals surface area contributed by atoms with E-state index in [0.717, 1.165) is 70.6 Å². The van der Waals surface area contributed by atoms with E-state index < -0.39 is 18.2 Å². The third kappa shape index (κ3) is 39.0. The van der Waals surface area contributed by atoms with Crippen LogP contribution in [0.1, 0.15) is 252 Å². The lowest BCUT2D eigenvalue weighted by molar-refractivity contribution is -0.151. The van der Waals surface area contributed by atoms with Gasteiger partial charge in [-0.1, -0.05) is 186 Å². The minimum atomic E-state index is -0.788. The molecular weight excluding hydrogens is 683 g/mol. The van der Waals surface area contributed by atoms with E-state index in [2.05, 4.69) is 50.4 Å². The minimum absolute atomic E-state index is 0.0666. The summed E-state index contributed by atoms with van der Waals surface area (Å²) in [4.78, 5) is 26.0. The minimum Gasteiger partial charge on any atom is -0.462 e. The summed E-state index contributed by atoms with van der Waals surface area (Å²) in [6, 6.07) is -0.702. The van der Waals surface area contributed by atoms with Crippen molar-refractivity contribution in [3.8, 4) is 0 Å². The standard InChI is InChI=1S/C49H93NO5/c1-4-7-10-13-16-19-22-24-25-26-29-32-35-38-41-47(52)46(44-51)50-48(53)43-45(40-37-34-31-28-21-18-15-12-9-6-3)55-49(54)42-39-36-33-30-27-23-20-17-14-11-8-5-2/h17-18,20-21,45-47,51-52H,4-16,19,22-44H2,1-3H3,(H,50,53)/b20-17-,21-18-. The van der Waals surface area contributed by atoms with E-state index in [1.807, 2.05) is 0 Å². The number of allylic oxidation sites excluding steroid dienone is 4. The number of aliphatic hydroxyl groups is 2. The first kappa shape index (κ1) is 53.3. The van der Waals surface area contributed by atoms with Crippen molar-refractivity contribution in [1.29, 1.82) is 0 Å². The number of nitrogens with one attached hydrogen (secondary N) is 1. The zero-order valence-electron chi connectivity index (χ0n) is 36.8. The van der Waals surface area contributed by atoms with E-state index in [1.165, 1.54) is 135 Å². The molecule has 324 valence electrons. The molecule has 0 fully saturated rings. The highest BCUT2D eigenvalue weighted by Crippen LogP contribution is 2.17. The highest BCUT2D eigenvalue weighted by Gasteiger charge is 2.24. The summed E-state index contributed by atoms with van der Waals surface area (Å²) in [6.07, 6.45) is 48.1. The molecule has 6 heteroatoms. The molecule has 6 nitrogen and oxygen atoms in total. The molecule has 0 saturated heterocycles. The molecule has 0 radical (unpaired) electrons. The number of rotatable bonds is 43. The summed E-state index contributed by atoms with van der Waals surface area (Å²) in [5.74, 6) is -0.495. The molecule has 0 aromatic carbocycles. The summed E-state index contributed by atoms with van der Waals surface area (Å²) >= 11 is 0. The number of amides is 1. The van der Waals surface area contributed by atoms with Crippen LogP contribution in [0.25, 0.3) is 0 Å². The SMILES string of the molecule is CCCCC/C=C\CCCCCCCC(=O)OC(CCCCC/C=C\CCCCC)CC(=O)NC(CO)C(O)CCCCCCCCCCCCCCCC. The Hall–Kier alpha value is -1.66. The topological polar surface area (TPSA) is 95.9 Å². The number of aliphatic hydroxyl groups excluding tert-OH is 2. The molecule has 0 spiro atoms. The van der Waals surface area contributed by atoms with E-state index in [9.17, 15) is 19.8 Å². The van der Waals surface area contributed by atoms with Crippen LogP contribution in [0.4, 0.5) is 0 Å². The van der Waals surface area contributed by atoms with Crippen LogP contribution in [-0.2, 0) is 14.3 Å². The van der Waals surface area contributed by atoms with Crippen LogP contribution in [0.3, 0.4) is 0 Å². The number of hydrogen-bond acceptors (Lipinski definition) is 5. The molecule has 3 N–H and O–H groups in total. The van der Waals surface area contributed by atoms with Crippen molar-refractivity contribution >= 4 is 11.9 Å². The van der Waals surface area contributed by atoms with Crippen LogP contribution in [0.5, 0.6) is 0 Å². The fourth-order valence-corrected chi connectivity index (χ4v) is 7.30. The summed E-state index contributed by atoms with van der Waals surface area (Å²) < 4.78 is 5.89. The van der Waals surface area contributed by atoms with Crippen molar-refractivity contribution < 1.29 is 24.5 Å². The maximum Gasteiger partial charge on any atom is 0.306 e. The summed E-state index contributed by atoms with van der Waals surface area (Å²) in [5.41, 5.74) is 0. The van der Waals surface area contributed by atoms with Gasteiger partial charge in [0.15, 0.2) is 0 Å². The number of ether oxygens (including phenoxy) is 1. The fraction of sp³-hybridized carbons (Fsp3) is 0.878. The van der Waals surface area contributed by atoms with Crippen LogP contribution >= 0.6 is 0 Å². The van der Waals surface area contributed by atoms with Gasteiger partial charge in [0.1, 0.15) is 6.10 Å². The number of carbonyl (C=O) groups excluding carboxylic acids is 2. The molecule has 3 atom stereocenters. The van der Waals surface area contributed by atoms with Crippen molar-refractivity contribution in [2.45, 2.75) is 270 Å². The third-order valence-electron chi connectivity index (χ3n) is 11.0. The van der Waals surface area contributed by atoms with E-state index in [-0.39, 0.29) is 24.9 Å². The van der Waals surface area contributed by atoms with E-state index in [4.69, 9.17) is 4.74 Å². The Balaban J connectivity index is 4.52.